The maximum atomic E-state index is 14.2. The molecule has 0 aliphatic carbocycles. The summed E-state index contributed by atoms with van der Waals surface area (Å²) in [4.78, 5) is 2.43. The monoisotopic (exact) mass is 300 g/mol. The van der Waals surface area contributed by atoms with E-state index in [1.165, 1.54) is 0 Å². The van der Waals surface area contributed by atoms with Gasteiger partial charge in [-0.2, -0.15) is 0 Å². The number of rotatable bonds is 5. The molecule has 1 N–H and O–H groups in total. The largest absolute Gasteiger partial charge is 0.314 e. The van der Waals surface area contributed by atoms with Crippen molar-refractivity contribution in [1.82, 2.24) is 10.2 Å². The highest BCUT2D eigenvalue weighted by Gasteiger charge is 2.23. The van der Waals surface area contributed by atoms with Gasteiger partial charge >= 0.3 is 0 Å². The minimum atomic E-state index is -0.0420. The van der Waals surface area contributed by atoms with Crippen LogP contribution in [-0.4, -0.2) is 31.1 Å². The minimum absolute atomic E-state index is 0. The lowest BCUT2D eigenvalue weighted by atomic mass is 9.97. The van der Waals surface area contributed by atoms with Crippen molar-refractivity contribution in [3.63, 3.8) is 0 Å². The molecule has 1 aromatic carbocycles. The van der Waals surface area contributed by atoms with Crippen molar-refractivity contribution >= 4 is 12.4 Å². The summed E-state index contributed by atoms with van der Waals surface area (Å²) < 4.78 is 14.2. The lowest BCUT2D eigenvalue weighted by molar-refractivity contribution is 0.160. The van der Waals surface area contributed by atoms with Crippen LogP contribution >= 0.6 is 12.4 Å². The molecule has 0 saturated carbocycles. The summed E-state index contributed by atoms with van der Waals surface area (Å²) in [6, 6.07) is 5.91. The molecule has 1 atom stereocenters. The Bertz CT molecular complexity index is 405. The highest BCUT2D eigenvalue weighted by atomic mass is 35.5. The molecule has 0 spiro atoms. The smallest absolute Gasteiger partial charge is 0.128 e. The molecule has 4 heteroatoms. The summed E-state index contributed by atoms with van der Waals surface area (Å²) in [5.41, 5.74) is 1.87. The molecular weight excluding hydrogens is 275 g/mol. The lowest BCUT2D eigenvalue weighted by Crippen LogP contribution is -2.45. The predicted molar refractivity (Wildman–Crippen MR) is 85.1 cm³/mol. The number of unbranched alkanes of at least 4 members (excludes halogenated alkanes) is 1. The van der Waals surface area contributed by atoms with Gasteiger partial charge in [-0.15, -0.1) is 12.4 Å². The fourth-order valence-corrected chi connectivity index (χ4v) is 2.83. The third-order valence-electron chi connectivity index (χ3n) is 3.94. The fourth-order valence-electron chi connectivity index (χ4n) is 2.83. The van der Waals surface area contributed by atoms with Crippen molar-refractivity contribution in [3.05, 3.63) is 35.1 Å². The van der Waals surface area contributed by atoms with Crippen LogP contribution in [0.15, 0.2) is 18.2 Å². The van der Waals surface area contributed by atoms with Gasteiger partial charge in [-0.3, -0.25) is 4.90 Å². The second kappa shape index (κ2) is 8.60. The fraction of sp³-hybridized carbons (Fsp3) is 0.625. The predicted octanol–water partition coefficient (Wildman–Crippen LogP) is 3.69. The second-order valence-corrected chi connectivity index (χ2v) is 5.47. The number of nitrogens with one attached hydrogen (secondary N) is 1. The van der Waals surface area contributed by atoms with Crippen molar-refractivity contribution in [1.29, 1.82) is 0 Å². The van der Waals surface area contributed by atoms with E-state index in [-0.39, 0.29) is 24.3 Å². The van der Waals surface area contributed by atoms with Gasteiger partial charge in [0.2, 0.25) is 0 Å². The molecule has 0 amide bonds. The molecule has 1 aliphatic heterocycles. The van der Waals surface area contributed by atoms with Gasteiger partial charge in [0.1, 0.15) is 5.82 Å². The summed E-state index contributed by atoms with van der Waals surface area (Å²) >= 11 is 0. The third kappa shape index (κ3) is 4.44. The first-order chi connectivity index (χ1) is 9.22. The van der Waals surface area contributed by atoms with E-state index in [4.69, 9.17) is 0 Å². The van der Waals surface area contributed by atoms with Gasteiger partial charge in [0.15, 0.2) is 0 Å². The maximum absolute atomic E-state index is 14.2. The van der Waals surface area contributed by atoms with Crippen LogP contribution in [0, 0.1) is 12.7 Å². The Morgan fingerprint density at radius 2 is 2.00 bits per heavy atom. The average molecular weight is 301 g/mol. The lowest BCUT2D eigenvalue weighted by Gasteiger charge is -2.35. The van der Waals surface area contributed by atoms with Crippen molar-refractivity contribution in [2.24, 2.45) is 0 Å². The standard InChI is InChI=1S/C16H25FN2.ClH/c1-3-4-5-16(19-10-8-18-9-11-19)14-7-6-13(2)12-15(14)17;/h6-7,12,16,18H,3-5,8-11H2,1-2H3;1H/t16-;/m1./s1. The van der Waals surface area contributed by atoms with Crippen LogP contribution in [0.4, 0.5) is 4.39 Å². The first-order valence-corrected chi connectivity index (χ1v) is 7.43. The Morgan fingerprint density at radius 1 is 1.30 bits per heavy atom. The van der Waals surface area contributed by atoms with Crippen LogP contribution in [0.3, 0.4) is 0 Å². The molecule has 0 aromatic heterocycles. The summed E-state index contributed by atoms with van der Waals surface area (Å²) in [7, 11) is 0. The van der Waals surface area contributed by atoms with E-state index in [9.17, 15) is 4.39 Å². The summed E-state index contributed by atoms with van der Waals surface area (Å²) in [6.45, 7) is 8.19. The van der Waals surface area contributed by atoms with E-state index < -0.39 is 0 Å². The Hall–Kier alpha value is -0.640. The highest BCUT2D eigenvalue weighted by Crippen LogP contribution is 2.29. The normalized spacial score (nSPS) is 17.6. The molecule has 1 saturated heterocycles. The maximum Gasteiger partial charge on any atom is 0.128 e. The van der Waals surface area contributed by atoms with Crippen LogP contribution < -0.4 is 5.32 Å². The molecule has 114 valence electrons. The van der Waals surface area contributed by atoms with E-state index in [0.29, 0.717) is 0 Å². The van der Waals surface area contributed by atoms with E-state index in [0.717, 1.165) is 56.6 Å². The van der Waals surface area contributed by atoms with Gasteiger partial charge in [-0.05, 0) is 25.0 Å². The molecule has 0 bridgehead atoms. The molecule has 1 fully saturated rings. The van der Waals surface area contributed by atoms with Crippen LogP contribution in [0.2, 0.25) is 0 Å². The van der Waals surface area contributed by atoms with E-state index in [1.54, 1.807) is 6.07 Å². The minimum Gasteiger partial charge on any atom is -0.314 e. The zero-order chi connectivity index (χ0) is 13.7. The van der Waals surface area contributed by atoms with Crippen LogP contribution in [0.1, 0.15) is 43.4 Å². The highest BCUT2D eigenvalue weighted by molar-refractivity contribution is 5.85. The van der Waals surface area contributed by atoms with Crippen molar-refractivity contribution in [2.75, 3.05) is 26.2 Å². The van der Waals surface area contributed by atoms with Gasteiger partial charge < -0.3 is 5.32 Å². The average Bonchev–Trinajstić information content (AvgIpc) is 2.42. The quantitative estimate of drug-likeness (QED) is 0.892. The van der Waals surface area contributed by atoms with Crippen LogP contribution in [0.5, 0.6) is 0 Å². The van der Waals surface area contributed by atoms with Crippen LogP contribution in [-0.2, 0) is 0 Å². The number of hydrogen-bond acceptors (Lipinski definition) is 2. The van der Waals surface area contributed by atoms with Crippen molar-refractivity contribution in [2.45, 2.75) is 39.2 Å². The van der Waals surface area contributed by atoms with Gasteiger partial charge in [-0.25, -0.2) is 4.39 Å². The summed E-state index contributed by atoms with van der Waals surface area (Å²) in [6.07, 6.45) is 3.37. The van der Waals surface area contributed by atoms with E-state index in [1.807, 2.05) is 19.1 Å². The molecule has 2 rings (SSSR count). The number of hydrogen-bond donors (Lipinski definition) is 1. The SMILES string of the molecule is CCCC[C@H](c1ccc(C)cc1F)N1CCNCC1.Cl. The first kappa shape index (κ1) is 17.4. The second-order valence-electron chi connectivity index (χ2n) is 5.47. The zero-order valence-corrected chi connectivity index (χ0v) is 13.3. The van der Waals surface area contributed by atoms with Gasteiger partial charge in [0.25, 0.3) is 0 Å². The number of benzene rings is 1. The molecule has 1 aliphatic rings. The Labute approximate surface area is 128 Å². The van der Waals surface area contributed by atoms with Crippen LogP contribution in [0.25, 0.3) is 0 Å². The Morgan fingerprint density at radius 3 is 2.60 bits per heavy atom. The van der Waals surface area contributed by atoms with Gasteiger partial charge in [0, 0.05) is 37.8 Å². The summed E-state index contributed by atoms with van der Waals surface area (Å²) in [5, 5.41) is 3.37. The number of nitrogens with zero attached hydrogens (tertiary/aromatic N) is 1. The Kier molecular flexibility index (Phi) is 7.49. The zero-order valence-electron chi connectivity index (χ0n) is 12.5. The van der Waals surface area contributed by atoms with Gasteiger partial charge in [-0.1, -0.05) is 31.9 Å². The van der Waals surface area contributed by atoms with E-state index >= 15 is 0 Å². The molecule has 1 heterocycles. The van der Waals surface area contributed by atoms with Gasteiger partial charge in [0.05, 0.1) is 0 Å². The number of halogens is 2. The number of aryl methyl sites for hydroxylation is 1. The molecule has 1 aromatic rings. The summed E-state index contributed by atoms with van der Waals surface area (Å²) in [5.74, 6) is -0.0420. The molecule has 20 heavy (non-hydrogen) atoms. The number of piperazine rings is 1. The topological polar surface area (TPSA) is 15.3 Å². The molecule has 0 unspecified atom stereocenters. The molecular formula is C16H26ClFN2. The first-order valence-electron chi connectivity index (χ1n) is 7.43. The molecule has 0 radical (unpaired) electrons. The van der Waals surface area contributed by atoms with Crippen molar-refractivity contribution < 1.29 is 4.39 Å². The molecule has 2 nitrogen and oxygen atoms in total. The third-order valence-corrected chi connectivity index (χ3v) is 3.94. The van der Waals surface area contributed by atoms with Crippen molar-refractivity contribution in [3.8, 4) is 0 Å². The van der Waals surface area contributed by atoms with E-state index in [2.05, 4.69) is 17.1 Å². The Balaban J connectivity index is 0.00000200.